The van der Waals surface area contributed by atoms with Gasteiger partial charge in [0.15, 0.2) is 5.12 Å². The summed E-state index contributed by atoms with van der Waals surface area (Å²) in [6.07, 6.45) is 7.82. The average Bonchev–Trinajstić information content (AvgIpc) is 2.44. The lowest BCUT2D eigenvalue weighted by molar-refractivity contribution is -0.134. The molecule has 2 heteroatoms. The van der Waals surface area contributed by atoms with Crippen molar-refractivity contribution in [3.63, 3.8) is 0 Å². The number of thioether (sulfide) groups is 1. The third-order valence-electron chi connectivity index (χ3n) is 5.68. The highest BCUT2D eigenvalue weighted by molar-refractivity contribution is 8.13. The smallest absolute Gasteiger partial charge is 0.195 e. The molecule has 4 aliphatic carbocycles. The maximum Gasteiger partial charge on any atom is 0.195 e. The van der Waals surface area contributed by atoms with Crippen LogP contribution in [0.5, 0.6) is 0 Å². The Bertz CT molecular complexity index is 472. The number of rotatable bonds is 3. The Balaban J connectivity index is 1.46. The van der Waals surface area contributed by atoms with Crippen LogP contribution in [-0.4, -0.2) is 5.12 Å². The summed E-state index contributed by atoms with van der Waals surface area (Å²) in [5.41, 5.74) is 1.34. The van der Waals surface area contributed by atoms with Gasteiger partial charge in [-0.05, 0) is 61.8 Å². The van der Waals surface area contributed by atoms with E-state index in [1.807, 2.05) is 6.07 Å². The minimum atomic E-state index is 0.0637. The summed E-state index contributed by atoms with van der Waals surface area (Å²) >= 11 is 1.58. The van der Waals surface area contributed by atoms with Crippen LogP contribution in [0.4, 0.5) is 0 Å². The van der Waals surface area contributed by atoms with Gasteiger partial charge in [0.05, 0.1) is 0 Å². The van der Waals surface area contributed by atoms with Gasteiger partial charge in [0.2, 0.25) is 0 Å². The zero-order valence-corrected chi connectivity index (χ0v) is 12.7. The van der Waals surface area contributed by atoms with Crippen molar-refractivity contribution >= 4 is 16.9 Å². The molecule has 4 saturated carbocycles. The molecule has 0 spiro atoms. The van der Waals surface area contributed by atoms with Gasteiger partial charge in [0, 0.05) is 11.2 Å². The molecule has 0 atom stereocenters. The molecule has 4 bridgehead atoms. The fourth-order valence-electron chi connectivity index (χ4n) is 5.24. The van der Waals surface area contributed by atoms with Crippen molar-refractivity contribution in [2.75, 3.05) is 0 Å². The first-order valence-corrected chi connectivity index (χ1v) is 8.93. The highest BCUT2D eigenvalue weighted by atomic mass is 32.2. The van der Waals surface area contributed by atoms with Gasteiger partial charge in [-0.25, -0.2) is 0 Å². The topological polar surface area (TPSA) is 17.1 Å². The van der Waals surface area contributed by atoms with Crippen LogP contribution < -0.4 is 0 Å². The third kappa shape index (κ3) is 2.22. The van der Waals surface area contributed by atoms with Crippen molar-refractivity contribution in [1.29, 1.82) is 0 Å². The second-order valence-corrected chi connectivity index (χ2v) is 8.21. The molecule has 5 rings (SSSR count). The van der Waals surface area contributed by atoms with E-state index >= 15 is 0 Å². The lowest BCUT2D eigenvalue weighted by Crippen LogP contribution is -2.49. The number of benzene rings is 1. The zero-order valence-electron chi connectivity index (χ0n) is 11.9. The van der Waals surface area contributed by atoms with Gasteiger partial charge in [-0.3, -0.25) is 4.79 Å². The number of carbonyl (C=O) groups excluding carboxylic acids is 1. The molecule has 0 saturated heterocycles. The Hall–Kier alpha value is -0.760. The molecule has 0 heterocycles. The summed E-state index contributed by atoms with van der Waals surface area (Å²) < 4.78 is 0. The third-order valence-corrected chi connectivity index (χ3v) is 6.86. The van der Waals surface area contributed by atoms with Crippen LogP contribution in [0.25, 0.3) is 0 Å². The maximum absolute atomic E-state index is 12.8. The quantitative estimate of drug-likeness (QED) is 0.803. The Morgan fingerprint density at radius 1 is 1.00 bits per heavy atom. The van der Waals surface area contributed by atoms with Gasteiger partial charge in [0.25, 0.3) is 0 Å². The van der Waals surface area contributed by atoms with E-state index in [0.717, 1.165) is 23.5 Å². The van der Waals surface area contributed by atoms with Gasteiger partial charge in [-0.15, -0.1) is 0 Å². The molecule has 0 N–H and O–H groups in total. The fourth-order valence-corrected chi connectivity index (χ4v) is 6.28. The Morgan fingerprint density at radius 2 is 1.55 bits per heavy atom. The molecule has 1 nitrogen and oxygen atoms in total. The van der Waals surface area contributed by atoms with Crippen molar-refractivity contribution in [3.05, 3.63) is 35.9 Å². The van der Waals surface area contributed by atoms with Crippen molar-refractivity contribution < 1.29 is 4.79 Å². The molecule has 4 aliphatic rings. The second-order valence-electron chi connectivity index (χ2n) is 7.26. The van der Waals surface area contributed by atoms with Crippen molar-refractivity contribution in [3.8, 4) is 0 Å². The molecule has 20 heavy (non-hydrogen) atoms. The predicted molar refractivity (Wildman–Crippen MR) is 83.3 cm³/mol. The Kier molecular flexibility index (Phi) is 3.17. The van der Waals surface area contributed by atoms with Crippen molar-refractivity contribution in [2.24, 2.45) is 23.2 Å². The normalized spacial score (nSPS) is 38.1. The lowest BCUT2D eigenvalue weighted by Gasteiger charge is -2.55. The molecular formula is C18H22OS. The monoisotopic (exact) mass is 286 g/mol. The number of hydrogen-bond donors (Lipinski definition) is 0. The molecule has 1 aromatic carbocycles. The average molecular weight is 286 g/mol. The molecule has 0 radical (unpaired) electrons. The minimum absolute atomic E-state index is 0.0637. The lowest BCUT2D eigenvalue weighted by atomic mass is 9.50. The van der Waals surface area contributed by atoms with Gasteiger partial charge >= 0.3 is 0 Å². The van der Waals surface area contributed by atoms with E-state index in [4.69, 9.17) is 0 Å². The molecule has 0 aliphatic heterocycles. The largest absolute Gasteiger partial charge is 0.287 e. The Morgan fingerprint density at radius 3 is 2.10 bits per heavy atom. The van der Waals surface area contributed by atoms with Crippen LogP contribution in [0.1, 0.15) is 44.1 Å². The highest BCUT2D eigenvalue weighted by Crippen LogP contribution is 2.61. The first-order valence-electron chi connectivity index (χ1n) is 7.95. The first-order chi connectivity index (χ1) is 9.73. The van der Waals surface area contributed by atoms with Crippen LogP contribution in [0.2, 0.25) is 0 Å². The molecule has 106 valence electrons. The fraction of sp³-hybridized carbons (Fsp3) is 0.611. The molecule has 4 fully saturated rings. The van der Waals surface area contributed by atoms with Crippen LogP contribution >= 0.6 is 11.8 Å². The van der Waals surface area contributed by atoms with E-state index in [-0.39, 0.29) is 5.41 Å². The summed E-state index contributed by atoms with van der Waals surface area (Å²) in [4.78, 5) is 12.8. The van der Waals surface area contributed by atoms with E-state index in [9.17, 15) is 4.79 Å². The van der Waals surface area contributed by atoms with Gasteiger partial charge < -0.3 is 0 Å². The molecule has 0 unspecified atom stereocenters. The van der Waals surface area contributed by atoms with Crippen molar-refractivity contribution in [1.82, 2.24) is 0 Å². The summed E-state index contributed by atoms with van der Waals surface area (Å²) in [7, 11) is 0. The summed E-state index contributed by atoms with van der Waals surface area (Å²) in [6, 6.07) is 10.4. The van der Waals surface area contributed by atoms with Crippen LogP contribution in [0.3, 0.4) is 0 Å². The maximum atomic E-state index is 12.8. The standard InChI is InChI=1S/C18H22OS/c19-17(20-12-13-4-2-1-3-5-13)18-9-14-6-15(10-18)8-16(7-14)11-18/h1-5,14-16H,6-12H2. The number of carbonyl (C=O) groups is 1. The van der Waals surface area contributed by atoms with Crippen molar-refractivity contribution in [2.45, 2.75) is 44.3 Å². The highest BCUT2D eigenvalue weighted by Gasteiger charge is 2.54. The van der Waals surface area contributed by atoms with Crippen LogP contribution in [-0.2, 0) is 10.5 Å². The van der Waals surface area contributed by atoms with E-state index in [1.165, 1.54) is 44.1 Å². The molecule has 1 aromatic rings. The van der Waals surface area contributed by atoms with Gasteiger partial charge in [0.1, 0.15) is 0 Å². The van der Waals surface area contributed by atoms with Crippen LogP contribution in [0, 0.1) is 23.2 Å². The molecule has 0 amide bonds. The number of hydrogen-bond acceptors (Lipinski definition) is 2. The minimum Gasteiger partial charge on any atom is -0.287 e. The molecular weight excluding hydrogens is 264 g/mol. The van der Waals surface area contributed by atoms with Gasteiger partial charge in [-0.2, -0.15) is 0 Å². The zero-order chi connectivity index (χ0) is 13.6. The summed E-state index contributed by atoms with van der Waals surface area (Å²) in [5, 5.41) is 0.500. The SMILES string of the molecule is O=C(SCc1ccccc1)C12CC3CC(CC(C3)C1)C2. The van der Waals surface area contributed by atoms with Gasteiger partial charge in [-0.1, -0.05) is 42.1 Å². The van der Waals surface area contributed by atoms with E-state index < -0.39 is 0 Å². The second kappa shape index (κ2) is 4.91. The summed E-state index contributed by atoms with van der Waals surface area (Å²) in [5.74, 6) is 3.44. The predicted octanol–water partition coefficient (Wildman–Crippen LogP) is 4.66. The van der Waals surface area contributed by atoms with E-state index in [2.05, 4.69) is 24.3 Å². The first kappa shape index (κ1) is 12.9. The summed E-state index contributed by atoms with van der Waals surface area (Å²) in [6.45, 7) is 0. The Labute approximate surface area is 125 Å². The molecule has 0 aromatic heterocycles. The van der Waals surface area contributed by atoms with Crippen LogP contribution in [0.15, 0.2) is 30.3 Å². The van der Waals surface area contributed by atoms with E-state index in [0.29, 0.717) is 5.12 Å². The van der Waals surface area contributed by atoms with E-state index in [1.54, 1.807) is 11.8 Å².